The zero-order valence-electron chi connectivity index (χ0n) is 52.7. The first-order chi connectivity index (χ1) is 31.1. The van der Waals surface area contributed by atoms with Crippen LogP contribution in [0.5, 0.6) is 0 Å². The van der Waals surface area contributed by atoms with E-state index in [1.165, 1.54) is 90.4 Å². The molecule has 4 unspecified atom stereocenters. The molecular weight excluding hydrogens is 839 g/mol. The molecule has 4 atom stereocenters. The van der Waals surface area contributed by atoms with Crippen LogP contribution in [0.25, 0.3) is 0 Å². The number of likely N-dealkylation sites (tertiary alicyclic amines) is 4. The molecule has 6 aliphatic rings. The van der Waals surface area contributed by atoms with Crippen molar-refractivity contribution in [3.63, 3.8) is 0 Å². The Kier molecular flexibility index (Phi) is 43.2. The summed E-state index contributed by atoms with van der Waals surface area (Å²) in [5.74, 6) is 4.04. The molecule has 4 aliphatic heterocycles. The van der Waals surface area contributed by atoms with Crippen molar-refractivity contribution in [1.29, 1.82) is 0 Å². The van der Waals surface area contributed by atoms with Crippen LogP contribution in [0.3, 0.4) is 0 Å². The molecule has 0 aromatic carbocycles. The van der Waals surface area contributed by atoms with E-state index in [9.17, 15) is 0 Å². The van der Waals surface area contributed by atoms with Crippen LogP contribution in [0.15, 0.2) is 0 Å². The van der Waals surface area contributed by atoms with Gasteiger partial charge >= 0.3 is 0 Å². The van der Waals surface area contributed by atoms with Gasteiger partial charge in [-0.25, -0.2) is 0 Å². The second kappa shape index (κ2) is 38.4. The SMILES string of the molecule is C.C.CC.CC.CC.CC.CC(C)C1CC2(CC2)CN1C(C)C.CC(C)C1CC2(CC2)CN1C(C)C.CC(C)C1CCCN1C(C)C.CC(C)C1CCCN1C(C)C.CC(C)N(C)C(C)(C)C(C)C. The summed E-state index contributed by atoms with van der Waals surface area (Å²) in [5.41, 5.74) is 1.87. The first kappa shape index (κ1) is 77.7. The summed E-state index contributed by atoms with van der Waals surface area (Å²) >= 11 is 0. The van der Waals surface area contributed by atoms with Gasteiger partial charge in [0.25, 0.3) is 0 Å². The fourth-order valence-electron chi connectivity index (χ4n) is 11.1. The number of nitrogens with zero attached hydrogens (tertiary/aromatic N) is 5. The second-order valence-corrected chi connectivity index (χ2v) is 24.6. The van der Waals surface area contributed by atoms with Crippen LogP contribution >= 0.6 is 0 Å². The smallest absolute Gasteiger partial charge is 0.0175 e. The summed E-state index contributed by atoms with van der Waals surface area (Å²) in [7, 11) is 2.20. The molecule has 4 saturated heterocycles. The summed E-state index contributed by atoms with van der Waals surface area (Å²) in [6, 6.07) is 7.04. The summed E-state index contributed by atoms with van der Waals surface area (Å²) in [5, 5.41) is 0. The highest BCUT2D eigenvalue weighted by Crippen LogP contribution is 2.57. The Labute approximate surface area is 443 Å². The quantitative estimate of drug-likeness (QED) is 0.204. The maximum absolute atomic E-state index is 2.73. The summed E-state index contributed by atoms with van der Waals surface area (Å²) in [6.07, 6.45) is 14.6. The standard InChI is InChI=1S/2C12H23N.2C10H21N.C10H23N.4C2H6.2CH4/c2*1-9(2)11-7-12(5-6-12)8-13(11)10(3)4;2*1-8(2)10-6-5-7-11(10)9(3)4;1-8(2)10(5,6)11(7)9(3)4;4*1-2;;/h2*9-11H,5-8H2,1-4H3;2*8-10H,5-7H2,1-4H3;8-9H,1-7H3;4*1-2H3;2*1H4. The Morgan fingerprint density at radius 3 is 0.783 bits per heavy atom. The summed E-state index contributed by atoms with van der Waals surface area (Å²) in [4.78, 5) is 13.2. The van der Waals surface area contributed by atoms with E-state index >= 15 is 0 Å². The lowest BCUT2D eigenvalue weighted by Gasteiger charge is -2.41. The first-order valence-corrected chi connectivity index (χ1v) is 29.9. The second-order valence-electron chi connectivity index (χ2n) is 24.6. The van der Waals surface area contributed by atoms with E-state index < -0.39 is 0 Å². The third-order valence-electron chi connectivity index (χ3n) is 16.6. The predicted octanol–water partition coefficient (Wildman–Crippen LogP) is 19.0. The molecule has 5 nitrogen and oxygen atoms in total. The zero-order chi connectivity index (χ0) is 53.4. The molecule has 0 aromatic heterocycles. The Balaban J connectivity index is -0.000000237. The molecular formula is C64H143N5. The van der Waals surface area contributed by atoms with Gasteiger partial charge in [-0.2, -0.15) is 0 Å². The topological polar surface area (TPSA) is 16.2 Å². The number of hydrogen-bond donors (Lipinski definition) is 0. The summed E-state index contributed by atoms with van der Waals surface area (Å²) < 4.78 is 0. The van der Waals surface area contributed by atoms with E-state index in [4.69, 9.17) is 0 Å². The van der Waals surface area contributed by atoms with Crippen molar-refractivity contribution in [2.75, 3.05) is 33.2 Å². The predicted molar refractivity (Wildman–Crippen MR) is 324 cm³/mol. The maximum Gasteiger partial charge on any atom is 0.0175 e. The minimum atomic E-state index is 0. The minimum Gasteiger partial charge on any atom is -0.299 e. The van der Waals surface area contributed by atoms with Crippen LogP contribution < -0.4 is 0 Å². The van der Waals surface area contributed by atoms with Crippen molar-refractivity contribution in [2.45, 2.75) is 347 Å². The average molecular weight is 983 g/mol. The van der Waals surface area contributed by atoms with Gasteiger partial charge in [-0.15, -0.1) is 0 Å². The lowest BCUT2D eigenvalue weighted by Crippen LogP contribution is -2.48. The van der Waals surface area contributed by atoms with Gasteiger partial charge in [0, 0.05) is 73.0 Å². The molecule has 69 heavy (non-hydrogen) atoms. The molecule has 5 heteroatoms. The van der Waals surface area contributed by atoms with Crippen molar-refractivity contribution >= 4 is 0 Å². The van der Waals surface area contributed by atoms with Gasteiger partial charge in [-0.1, -0.05) is 139 Å². The van der Waals surface area contributed by atoms with Crippen molar-refractivity contribution in [3.05, 3.63) is 0 Å². The van der Waals surface area contributed by atoms with Gasteiger partial charge in [0.05, 0.1) is 0 Å². The highest BCUT2D eigenvalue weighted by Gasteiger charge is 2.53. The third kappa shape index (κ3) is 26.2. The molecule has 6 fully saturated rings. The fraction of sp³-hybridized carbons (Fsp3) is 1.00. The lowest BCUT2D eigenvalue weighted by atomic mass is 9.88. The Morgan fingerprint density at radius 2 is 0.652 bits per heavy atom. The zero-order valence-corrected chi connectivity index (χ0v) is 52.7. The van der Waals surface area contributed by atoms with Gasteiger partial charge in [0.2, 0.25) is 0 Å². The largest absolute Gasteiger partial charge is 0.299 e. The fourth-order valence-corrected chi connectivity index (χ4v) is 11.1. The van der Waals surface area contributed by atoms with Crippen LogP contribution in [0.2, 0.25) is 0 Å². The van der Waals surface area contributed by atoms with Crippen molar-refractivity contribution in [2.24, 2.45) is 40.4 Å². The van der Waals surface area contributed by atoms with E-state index in [1.54, 1.807) is 0 Å². The van der Waals surface area contributed by atoms with Crippen LogP contribution in [0, 0.1) is 40.4 Å². The van der Waals surface area contributed by atoms with E-state index in [2.05, 4.69) is 184 Å². The first-order valence-electron chi connectivity index (χ1n) is 29.9. The monoisotopic (exact) mass is 982 g/mol. The van der Waals surface area contributed by atoms with Crippen molar-refractivity contribution < 1.29 is 0 Å². The molecule has 2 saturated carbocycles. The number of rotatable bonds is 11. The normalized spacial score (nSPS) is 23.4. The van der Waals surface area contributed by atoms with E-state index in [0.29, 0.717) is 17.5 Å². The average Bonchev–Trinajstić information content (AvgIpc) is 3.82. The summed E-state index contributed by atoms with van der Waals surface area (Å²) in [6.45, 7) is 72.5. The van der Waals surface area contributed by atoms with Gasteiger partial charge in [-0.3, -0.25) is 24.5 Å². The molecule has 424 valence electrons. The molecule has 0 bridgehead atoms. The Morgan fingerprint density at radius 1 is 0.406 bits per heavy atom. The van der Waals surface area contributed by atoms with Gasteiger partial charge in [0.15, 0.2) is 0 Å². The van der Waals surface area contributed by atoms with E-state index in [0.717, 1.165) is 82.8 Å². The molecule has 0 N–H and O–H groups in total. The van der Waals surface area contributed by atoms with E-state index in [-0.39, 0.29) is 14.9 Å². The molecule has 2 spiro atoms. The third-order valence-corrected chi connectivity index (χ3v) is 16.6. The minimum absolute atomic E-state index is 0. The van der Waals surface area contributed by atoms with Crippen molar-refractivity contribution in [1.82, 2.24) is 24.5 Å². The highest BCUT2D eigenvalue weighted by atomic mass is 15.2. The van der Waals surface area contributed by atoms with Crippen LogP contribution in [-0.4, -0.2) is 118 Å². The number of hydrogen-bond acceptors (Lipinski definition) is 5. The Bertz CT molecular complexity index is 994. The molecule has 0 aromatic rings. The molecule has 0 amide bonds. The van der Waals surface area contributed by atoms with Crippen LogP contribution in [-0.2, 0) is 0 Å². The van der Waals surface area contributed by atoms with Crippen LogP contribution in [0.4, 0.5) is 0 Å². The van der Waals surface area contributed by atoms with Crippen LogP contribution in [0.1, 0.15) is 287 Å². The molecule has 2 aliphatic carbocycles. The highest BCUT2D eigenvalue weighted by molar-refractivity contribution is 5.07. The van der Waals surface area contributed by atoms with Crippen molar-refractivity contribution in [3.8, 4) is 0 Å². The molecule has 4 heterocycles. The van der Waals surface area contributed by atoms with Gasteiger partial charge < -0.3 is 0 Å². The maximum atomic E-state index is 2.73. The van der Waals surface area contributed by atoms with Gasteiger partial charge in [0.1, 0.15) is 0 Å². The Hall–Kier alpha value is -0.200. The van der Waals surface area contributed by atoms with Gasteiger partial charge in [-0.05, 0) is 208 Å². The van der Waals surface area contributed by atoms with E-state index in [1.807, 2.05) is 55.4 Å². The molecule has 0 radical (unpaired) electrons. The lowest BCUT2D eigenvalue weighted by molar-refractivity contribution is 0.0756. The molecule has 6 rings (SSSR count).